The van der Waals surface area contributed by atoms with Crippen LogP contribution in [0.2, 0.25) is 0 Å². The Balaban J connectivity index is 1.20. The fourth-order valence-corrected chi connectivity index (χ4v) is 6.70. The van der Waals surface area contributed by atoms with Crippen LogP contribution < -0.4 is 0 Å². The van der Waals surface area contributed by atoms with Gasteiger partial charge in [0.2, 0.25) is 17.6 Å². The lowest BCUT2D eigenvalue weighted by molar-refractivity contribution is -0.127. The third-order valence-corrected chi connectivity index (χ3v) is 9.68. The van der Waals surface area contributed by atoms with Gasteiger partial charge in [-0.3, -0.25) is 4.79 Å². The summed E-state index contributed by atoms with van der Waals surface area (Å²) in [6.07, 6.45) is 6.61. The number of piperazine rings is 1. The number of carbonyl (C=O) groups excluding carboxylic acids is 1. The maximum Gasteiger partial charge on any atom is 0.252 e. The van der Waals surface area contributed by atoms with E-state index in [4.69, 9.17) is 4.52 Å². The summed E-state index contributed by atoms with van der Waals surface area (Å²) in [7, 11) is -3.65. The quantitative estimate of drug-likeness (QED) is 0.478. The zero-order valence-electron chi connectivity index (χ0n) is 18.9. The van der Waals surface area contributed by atoms with Crippen LogP contribution in [0.4, 0.5) is 0 Å². The van der Waals surface area contributed by atoms with Gasteiger partial charge in [-0.15, -0.1) is 11.3 Å². The SMILES string of the molecule is Cc1ccc(C=CC(=O)N2CCN(S(=O)(=O)c3cc(-c4noc(C5CCC5)n4)cs3)CC2)cc1. The largest absolute Gasteiger partial charge is 0.339 e. The average Bonchev–Trinajstić information content (AvgIpc) is 3.48. The van der Waals surface area contributed by atoms with E-state index in [-0.39, 0.29) is 23.2 Å². The van der Waals surface area contributed by atoms with Crippen LogP contribution in [0.15, 0.2) is 50.5 Å². The van der Waals surface area contributed by atoms with Crippen LogP contribution in [-0.4, -0.2) is 59.8 Å². The van der Waals surface area contributed by atoms with Crippen molar-refractivity contribution < 1.29 is 17.7 Å². The highest BCUT2D eigenvalue weighted by atomic mass is 32.2. The fraction of sp³-hybridized carbons (Fsp3) is 0.375. The predicted octanol–water partition coefficient (Wildman–Crippen LogP) is 3.92. The number of amides is 1. The Morgan fingerprint density at radius 1 is 1.15 bits per heavy atom. The lowest BCUT2D eigenvalue weighted by atomic mass is 9.85. The maximum absolute atomic E-state index is 13.2. The molecule has 1 aliphatic heterocycles. The molecule has 2 fully saturated rings. The summed E-state index contributed by atoms with van der Waals surface area (Å²) >= 11 is 1.15. The van der Waals surface area contributed by atoms with Gasteiger partial charge in [0, 0.05) is 49.1 Å². The molecule has 1 amide bonds. The molecule has 8 nitrogen and oxygen atoms in total. The molecule has 0 unspecified atom stereocenters. The number of thiophene rings is 1. The van der Waals surface area contributed by atoms with E-state index >= 15 is 0 Å². The van der Waals surface area contributed by atoms with Crippen LogP contribution in [0, 0.1) is 6.92 Å². The van der Waals surface area contributed by atoms with Gasteiger partial charge in [0.1, 0.15) is 4.21 Å². The van der Waals surface area contributed by atoms with Gasteiger partial charge in [0.15, 0.2) is 0 Å². The second-order valence-corrected chi connectivity index (χ2v) is 11.8. The van der Waals surface area contributed by atoms with Crippen molar-refractivity contribution in [3.63, 3.8) is 0 Å². The van der Waals surface area contributed by atoms with Gasteiger partial charge in [0.05, 0.1) is 0 Å². The summed E-state index contributed by atoms with van der Waals surface area (Å²) in [6.45, 7) is 3.23. The van der Waals surface area contributed by atoms with E-state index in [0.717, 1.165) is 35.3 Å². The molecule has 1 aliphatic carbocycles. The van der Waals surface area contributed by atoms with E-state index in [1.54, 1.807) is 28.5 Å². The highest BCUT2D eigenvalue weighted by molar-refractivity contribution is 7.91. The summed E-state index contributed by atoms with van der Waals surface area (Å²) < 4.78 is 33.4. The van der Waals surface area contributed by atoms with Gasteiger partial charge in [-0.2, -0.15) is 9.29 Å². The van der Waals surface area contributed by atoms with Gasteiger partial charge in [-0.05, 0) is 37.5 Å². The van der Waals surface area contributed by atoms with Crippen molar-refractivity contribution in [3.8, 4) is 11.4 Å². The third-order valence-electron chi connectivity index (χ3n) is 6.37. The Labute approximate surface area is 202 Å². The zero-order valence-corrected chi connectivity index (χ0v) is 20.5. The van der Waals surface area contributed by atoms with E-state index in [0.29, 0.717) is 36.3 Å². The Morgan fingerprint density at radius 2 is 1.88 bits per heavy atom. The number of rotatable bonds is 6. The van der Waals surface area contributed by atoms with Gasteiger partial charge in [-0.1, -0.05) is 41.4 Å². The number of benzene rings is 1. The van der Waals surface area contributed by atoms with Crippen LogP contribution in [0.5, 0.6) is 0 Å². The lowest BCUT2D eigenvalue weighted by Gasteiger charge is -2.33. The van der Waals surface area contributed by atoms with Crippen molar-refractivity contribution in [2.45, 2.75) is 36.3 Å². The van der Waals surface area contributed by atoms with Crippen molar-refractivity contribution in [1.82, 2.24) is 19.3 Å². The number of hydrogen-bond acceptors (Lipinski definition) is 7. The van der Waals surface area contributed by atoms with E-state index in [9.17, 15) is 13.2 Å². The van der Waals surface area contributed by atoms with E-state index < -0.39 is 10.0 Å². The normalized spacial score (nSPS) is 17.9. The number of carbonyl (C=O) groups is 1. The van der Waals surface area contributed by atoms with E-state index in [1.807, 2.05) is 31.2 Å². The molecule has 5 rings (SSSR count). The number of hydrogen-bond donors (Lipinski definition) is 0. The van der Waals surface area contributed by atoms with Crippen LogP contribution >= 0.6 is 11.3 Å². The zero-order chi connectivity index (χ0) is 23.7. The molecule has 1 aromatic carbocycles. The molecular weight excluding hydrogens is 472 g/mol. The Bertz CT molecular complexity index is 1300. The van der Waals surface area contributed by atoms with E-state index in [2.05, 4.69) is 10.1 Å². The first-order valence-corrected chi connectivity index (χ1v) is 13.7. The second-order valence-electron chi connectivity index (χ2n) is 8.71. The molecule has 10 heteroatoms. The maximum atomic E-state index is 13.2. The number of sulfonamides is 1. The molecule has 2 aromatic heterocycles. The Kier molecular flexibility index (Phi) is 6.37. The second kappa shape index (κ2) is 9.44. The minimum absolute atomic E-state index is 0.115. The number of nitrogens with zero attached hydrogens (tertiary/aromatic N) is 4. The monoisotopic (exact) mass is 498 g/mol. The molecule has 0 radical (unpaired) electrons. The molecule has 0 bridgehead atoms. The topological polar surface area (TPSA) is 96.6 Å². The smallest absolute Gasteiger partial charge is 0.252 e. The number of aromatic nitrogens is 2. The fourth-order valence-electron chi connectivity index (χ4n) is 3.97. The van der Waals surface area contributed by atoms with Crippen LogP contribution in [0.25, 0.3) is 17.5 Å². The first-order chi connectivity index (χ1) is 16.4. The molecule has 178 valence electrons. The average molecular weight is 499 g/mol. The van der Waals surface area contributed by atoms with Crippen LogP contribution in [-0.2, 0) is 14.8 Å². The summed E-state index contributed by atoms with van der Waals surface area (Å²) in [4.78, 5) is 18.7. The summed E-state index contributed by atoms with van der Waals surface area (Å²) in [5.74, 6) is 1.27. The summed E-state index contributed by atoms with van der Waals surface area (Å²) in [6, 6.07) is 9.52. The van der Waals surface area contributed by atoms with Gasteiger partial charge >= 0.3 is 0 Å². The molecule has 1 saturated carbocycles. The summed E-state index contributed by atoms with van der Waals surface area (Å²) in [5, 5.41) is 5.78. The van der Waals surface area contributed by atoms with E-state index in [1.165, 1.54) is 10.7 Å². The highest BCUT2D eigenvalue weighted by Gasteiger charge is 2.31. The minimum atomic E-state index is -3.65. The Morgan fingerprint density at radius 3 is 2.56 bits per heavy atom. The van der Waals surface area contributed by atoms with Gasteiger partial charge < -0.3 is 9.42 Å². The molecule has 0 atom stereocenters. The lowest BCUT2D eigenvalue weighted by Crippen LogP contribution is -2.50. The molecule has 0 N–H and O–H groups in total. The van der Waals surface area contributed by atoms with Crippen molar-refractivity contribution in [1.29, 1.82) is 0 Å². The van der Waals surface area contributed by atoms with Crippen molar-refractivity contribution in [2.75, 3.05) is 26.2 Å². The molecule has 0 spiro atoms. The van der Waals surface area contributed by atoms with Crippen LogP contribution in [0.3, 0.4) is 0 Å². The van der Waals surface area contributed by atoms with Crippen molar-refractivity contribution in [3.05, 3.63) is 58.8 Å². The number of aryl methyl sites for hydroxylation is 1. The molecule has 1 saturated heterocycles. The minimum Gasteiger partial charge on any atom is -0.339 e. The molecule has 3 heterocycles. The molecule has 3 aromatic rings. The van der Waals surface area contributed by atoms with Crippen molar-refractivity contribution in [2.24, 2.45) is 0 Å². The molecular formula is C24H26N4O4S2. The standard InChI is InChI=1S/C24H26N4O4S2/c1-17-5-7-18(8-6-17)9-10-21(29)27-11-13-28(14-12-27)34(30,31)22-15-20(16-33-22)23-25-24(32-26-23)19-3-2-4-19/h5-10,15-16,19H,2-4,11-14H2,1H3. The summed E-state index contributed by atoms with van der Waals surface area (Å²) in [5.41, 5.74) is 2.76. The Hall–Kier alpha value is -2.82. The predicted molar refractivity (Wildman–Crippen MR) is 130 cm³/mol. The third kappa shape index (κ3) is 4.70. The highest BCUT2D eigenvalue weighted by Crippen LogP contribution is 2.37. The molecule has 34 heavy (non-hydrogen) atoms. The van der Waals surface area contributed by atoms with Crippen molar-refractivity contribution >= 4 is 33.3 Å². The van der Waals surface area contributed by atoms with Crippen LogP contribution in [0.1, 0.15) is 42.2 Å². The molecule has 2 aliphatic rings. The first-order valence-electron chi connectivity index (χ1n) is 11.4. The van der Waals surface area contributed by atoms with Gasteiger partial charge in [-0.25, -0.2) is 8.42 Å². The van der Waals surface area contributed by atoms with Gasteiger partial charge in [0.25, 0.3) is 10.0 Å². The first kappa shape index (κ1) is 22.9.